The number of rotatable bonds is 6. The molecule has 2 aromatic carbocycles. The lowest BCUT2D eigenvalue weighted by Gasteiger charge is -2.18. The second-order valence-corrected chi connectivity index (χ2v) is 8.34. The van der Waals surface area contributed by atoms with Gasteiger partial charge in [0.2, 0.25) is 0 Å². The first-order valence-electron chi connectivity index (χ1n) is 9.54. The molecule has 29 heavy (non-hydrogen) atoms. The Morgan fingerprint density at radius 3 is 2.48 bits per heavy atom. The maximum Gasteiger partial charge on any atom is 0.262 e. The van der Waals surface area contributed by atoms with Gasteiger partial charge in [-0.05, 0) is 61.1 Å². The van der Waals surface area contributed by atoms with E-state index in [-0.39, 0.29) is 17.5 Å². The largest absolute Gasteiger partial charge is 0.344 e. The highest BCUT2D eigenvalue weighted by Crippen LogP contribution is 2.41. The van der Waals surface area contributed by atoms with Crippen LogP contribution in [0.5, 0.6) is 0 Å². The summed E-state index contributed by atoms with van der Waals surface area (Å²) < 4.78 is 13.3. The van der Waals surface area contributed by atoms with Crippen LogP contribution in [-0.2, 0) is 0 Å². The Bertz CT molecular complexity index is 1040. The predicted octanol–water partition coefficient (Wildman–Crippen LogP) is 5.33. The van der Waals surface area contributed by atoms with Crippen LogP contribution in [-0.4, -0.2) is 11.8 Å². The first-order chi connectivity index (χ1) is 14.0. The van der Waals surface area contributed by atoms with Gasteiger partial charge in [0, 0.05) is 5.56 Å². The highest BCUT2D eigenvalue weighted by Gasteiger charge is 2.34. The molecule has 3 aromatic rings. The van der Waals surface area contributed by atoms with Crippen molar-refractivity contribution in [3.8, 4) is 0 Å². The summed E-state index contributed by atoms with van der Waals surface area (Å²) in [6.45, 7) is 1.85. The van der Waals surface area contributed by atoms with Crippen LogP contribution in [0.25, 0.3) is 0 Å². The monoisotopic (exact) mass is 408 g/mol. The molecule has 1 aromatic heterocycles. The second kappa shape index (κ2) is 8.17. The van der Waals surface area contributed by atoms with Crippen molar-refractivity contribution < 1.29 is 14.0 Å². The molecule has 0 saturated heterocycles. The summed E-state index contributed by atoms with van der Waals surface area (Å²) in [6, 6.07) is 17.3. The van der Waals surface area contributed by atoms with Crippen LogP contribution < -0.4 is 10.6 Å². The Labute approximate surface area is 172 Å². The zero-order valence-corrected chi connectivity index (χ0v) is 16.8. The first-order valence-corrected chi connectivity index (χ1v) is 10.4. The fourth-order valence-corrected chi connectivity index (χ4v) is 4.32. The molecule has 1 atom stereocenters. The third kappa shape index (κ3) is 4.54. The zero-order valence-electron chi connectivity index (χ0n) is 15.9. The Hall–Kier alpha value is -2.99. The van der Waals surface area contributed by atoms with E-state index < -0.39 is 11.7 Å². The van der Waals surface area contributed by atoms with E-state index in [4.69, 9.17) is 0 Å². The molecule has 1 saturated carbocycles. The number of hydrogen-bond donors (Lipinski definition) is 2. The van der Waals surface area contributed by atoms with Crippen molar-refractivity contribution in [1.82, 2.24) is 5.32 Å². The standard InChI is InChI=1S/C23H21FN2O2S/c1-14-12-19(25-22(27)17-8-5-9-18(24)13-17)29-21(14)23(28)26-20(16-10-11-16)15-6-3-2-4-7-15/h2-9,12-13,16,20H,10-11H2,1H3,(H,25,27)(H,26,28). The molecule has 148 valence electrons. The highest BCUT2D eigenvalue weighted by atomic mass is 32.1. The van der Waals surface area contributed by atoms with Crippen molar-refractivity contribution in [3.63, 3.8) is 0 Å². The van der Waals surface area contributed by atoms with Gasteiger partial charge in [0.15, 0.2) is 0 Å². The quantitative estimate of drug-likeness (QED) is 0.579. The molecule has 1 fully saturated rings. The molecule has 0 radical (unpaired) electrons. The van der Waals surface area contributed by atoms with Crippen molar-refractivity contribution in [3.05, 3.63) is 88.0 Å². The van der Waals surface area contributed by atoms with Gasteiger partial charge in [0.05, 0.1) is 15.9 Å². The number of thiophene rings is 1. The van der Waals surface area contributed by atoms with E-state index in [9.17, 15) is 14.0 Å². The van der Waals surface area contributed by atoms with E-state index in [0.29, 0.717) is 15.8 Å². The molecule has 2 N–H and O–H groups in total. The number of carbonyl (C=O) groups excluding carboxylic acids is 2. The first kappa shape index (κ1) is 19.3. The molecule has 4 nitrogen and oxygen atoms in total. The van der Waals surface area contributed by atoms with Crippen molar-refractivity contribution in [2.75, 3.05) is 5.32 Å². The predicted molar refractivity (Wildman–Crippen MR) is 113 cm³/mol. The number of amides is 2. The van der Waals surface area contributed by atoms with E-state index >= 15 is 0 Å². The van der Waals surface area contributed by atoms with E-state index in [2.05, 4.69) is 10.6 Å². The summed E-state index contributed by atoms with van der Waals surface area (Å²) in [4.78, 5) is 25.8. The summed E-state index contributed by atoms with van der Waals surface area (Å²) in [7, 11) is 0. The van der Waals surface area contributed by atoms with Crippen LogP contribution in [0.3, 0.4) is 0 Å². The van der Waals surface area contributed by atoms with Gasteiger partial charge in [-0.2, -0.15) is 0 Å². The molecule has 1 aliphatic carbocycles. The molecule has 1 unspecified atom stereocenters. The van der Waals surface area contributed by atoms with Crippen molar-refractivity contribution >= 4 is 28.2 Å². The molecule has 1 heterocycles. The van der Waals surface area contributed by atoms with Gasteiger partial charge in [-0.1, -0.05) is 36.4 Å². The third-order valence-electron chi connectivity index (χ3n) is 4.99. The van der Waals surface area contributed by atoms with Gasteiger partial charge in [-0.3, -0.25) is 9.59 Å². The third-order valence-corrected chi connectivity index (χ3v) is 6.14. The van der Waals surface area contributed by atoms with Crippen LogP contribution in [0.2, 0.25) is 0 Å². The zero-order chi connectivity index (χ0) is 20.4. The van der Waals surface area contributed by atoms with Crippen LogP contribution >= 0.6 is 11.3 Å². The maximum atomic E-state index is 13.3. The van der Waals surface area contributed by atoms with Gasteiger partial charge in [0.1, 0.15) is 5.82 Å². The van der Waals surface area contributed by atoms with Crippen molar-refractivity contribution in [2.24, 2.45) is 5.92 Å². The minimum atomic E-state index is -0.466. The lowest BCUT2D eigenvalue weighted by atomic mass is 10.0. The van der Waals surface area contributed by atoms with Crippen LogP contribution in [0, 0.1) is 18.7 Å². The summed E-state index contributed by atoms with van der Waals surface area (Å²) in [6.07, 6.45) is 2.22. The van der Waals surface area contributed by atoms with E-state index in [1.807, 2.05) is 37.3 Å². The number of nitrogens with one attached hydrogen (secondary N) is 2. The van der Waals surface area contributed by atoms with E-state index in [0.717, 1.165) is 24.0 Å². The average Bonchev–Trinajstić information content (AvgIpc) is 3.49. The topological polar surface area (TPSA) is 58.2 Å². The summed E-state index contributed by atoms with van der Waals surface area (Å²) in [5.74, 6) is -0.543. The maximum absolute atomic E-state index is 13.3. The SMILES string of the molecule is Cc1cc(NC(=O)c2cccc(F)c2)sc1C(=O)NC(c1ccccc1)C1CC1. The number of benzene rings is 2. The normalized spacial score (nSPS) is 14.3. The lowest BCUT2D eigenvalue weighted by Crippen LogP contribution is -2.29. The molecular formula is C23H21FN2O2S. The van der Waals surface area contributed by atoms with Crippen LogP contribution in [0.1, 0.15) is 50.0 Å². The number of aryl methyl sites for hydroxylation is 1. The van der Waals surface area contributed by atoms with Gasteiger partial charge in [-0.25, -0.2) is 4.39 Å². The van der Waals surface area contributed by atoms with Gasteiger partial charge in [0.25, 0.3) is 11.8 Å². The Kier molecular flexibility index (Phi) is 5.45. The number of hydrogen-bond acceptors (Lipinski definition) is 3. The van der Waals surface area contributed by atoms with Crippen molar-refractivity contribution in [1.29, 1.82) is 0 Å². The van der Waals surface area contributed by atoms with E-state index in [1.165, 1.54) is 29.5 Å². The Morgan fingerprint density at radius 2 is 1.79 bits per heavy atom. The fraction of sp³-hybridized carbons (Fsp3) is 0.217. The summed E-state index contributed by atoms with van der Waals surface area (Å²) in [5.41, 5.74) is 2.14. The molecule has 0 bridgehead atoms. The molecule has 4 rings (SSSR count). The van der Waals surface area contributed by atoms with E-state index in [1.54, 1.807) is 12.1 Å². The summed E-state index contributed by atoms with van der Waals surface area (Å²) in [5, 5.41) is 6.48. The number of anilines is 1. The Balaban J connectivity index is 1.48. The van der Waals surface area contributed by atoms with Crippen molar-refractivity contribution in [2.45, 2.75) is 25.8 Å². The van der Waals surface area contributed by atoms with Crippen LogP contribution in [0.4, 0.5) is 9.39 Å². The molecule has 6 heteroatoms. The molecular weight excluding hydrogens is 387 g/mol. The lowest BCUT2D eigenvalue weighted by molar-refractivity contribution is 0.0934. The number of carbonyl (C=O) groups is 2. The molecule has 2 amide bonds. The molecule has 0 aliphatic heterocycles. The minimum absolute atomic E-state index is 0.00413. The minimum Gasteiger partial charge on any atom is -0.344 e. The van der Waals surface area contributed by atoms with Gasteiger partial charge < -0.3 is 10.6 Å². The van der Waals surface area contributed by atoms with Gasteiger partial charge >= 0.3 is 0 Å². The molecule has 0 spiro atoms. The van der Waals surface area contributed by atoms with Gasteiger partial charge in [-0.15, -0.1) is 11.3 Å². The smallest absolute Gasteiger partial charge is 0.262 e. The Morgan fingerprint density at radius 1 is 1.03 bits per heavy atom. The number of halogens is 1. The molecule has 1 aliphatic rings. The summed E-state index contributed by atoms with van der Waals surface area (Å²) >= 11 is 1.23. The van der Waals surface area contributed by atoms with Crippen LogP contribution in [0.15, 0.2) is 60.7 Å². The average molecular weight is 408 g/mol. The fourth-order valence-electron chi connectivity index (χ4n) is 3.35. The highest BCUT2D eigenvalue weighted by molar-refractivity contribution is 7.18. The second-order valence-electron chi connectivity index (χ2n) is 7.29.